The summed E-state index contributed by atoms with van der Waals surface area (Å²) in [5.41, 5.74) is 12.9. The highest BCUT2D eigenvalue weighted by Gasteiger charge is 2.13. The van der Waals surface area contributed by atoms with Gasteiger partial charge in [0.05, 0.1) is 0 Å². The predicted octanol–water partition coefficient (Wildman–Crippen LogP) is 11.7. The second-order valence-corrected chi connectivity index (χ2v) is 11.0. The second kappa shape index (κ2) is 12.7. The van der Waals surface area contributed by atoms with Crippen LogP contribution in [0.1, 0.15) is 27.8 Å². The minimum Gasteiger partial charge on any atom is -0.310 e. The lowest BCUT2D eigenvalue weighted by Gasteiger charge is -2.26. The van der Waals surface area contributed by atoms with Gasteiger partial charge in [-0.3, -0.25) is 0 Å². The molecule has 0 N–H and O–H groups in total. The second-order valence-electron chi connectivity index (χ2n) is 11.0. The number of para-hydroxylation sites is 1. The van der Waals surface area contributed by atoms with Crippen molar-refractivity contribution in [3.63, 3.8) is 0 Å². The number of rotatable bonds is 8. The lowest BCUT2D eigenvalue weighted by molar-refractivity contribution is 1.26. The Balaban J connectivity index is 1.24. The van der Waals surface area contributed by atoms with Crippen molar-refractivity contribution in [2.24, 2.45) is 0 Å². The molecule has 0 saturated carbocycles. The smallest absolute Gasteiger partial charge is 0.0464 e. The third-order valence-corrected chi connectivity index (χ3v) is 7.56. The van der Waals surface area contributed by atoms with Crippen molar-refractivity contribution in [1.29, 1.82) is 0 Å². The topological polar surface area (TPSA) is 6.48 Å². The Morgan fingerprint density at radius 3 is 1.02 bits per heavy atom. The Bertz CT molecular complexity index is 1790. The number of aryl methyl sites for hydroxylation is 3. The molecule has 2 heteroatoms. The Hall–Kier alpha value is -5.34. The summed E-state index contributed by atoms with van der Waals surface area (Å²) in [6.45, 7) is 6.41. The van der Waals surface area contributed by atoms with Gasteiger partial charge in [-0.15, -0.1) is 0 Å². The molecule has 0 spiro atoms. The van der Waals surface area contributed by atoms with Gasteiger partial charge in [0, 0.05) is 34.1 Å². The molecule has 0 heterocycles. The molecule has 0 aliphatic heterocycles. The molecule has 0 aliphatic carbocycles. The third-order valence-electron chi connectivity index (χ3n) is 7.56. The molecule has 0 unspecified atom stereocenters. The third kappa shape index (κ3) is 6.60. The first-order valence-electron chi connectivity index (χ1n) is 14.8. The maximum Gasteiger partial charge on any atom is 0.0464 e. The predicted molar refractivity (Wildman–Crippen MR) is 185 cm³/mol. The molecule has 0 fully saturated rings. The first kappa shape index (κ1) is 27.8. The summed E-state index contributed by atoms with van der Waals surface area (Å²) < 4.78 is 0. The monoisotopic (exact) mass is 556 g/mol. The maximum absolute atomic E-state index is 2.32. The van der Waals surface area contributed by atoms with Crippen LogP contribution >= 0.6 is 0 Å². The summed E-state index contributed by atoms with van der Waals surface area (Å²) >= 11 is 0. The number of benzene rings is 6. The SMILES string of the molecule is Cc1cccc(N(c2ccccc2)c2ccc(/C=C/c3ccc(N(c4cccc(C)c4)c4cccc(C)c4)cc3)cc2)c1. The Morgan fingerprint density at radius 1 is 0.326 bits per heavy atom. The highest BCUT2D eigenvalue weighted by molar-refractivity contribution is 5.80. The van der Waals surface area contributed by atoms with Gasteiger partial charge >= 0.3 is 0 Å². The fourth-order valence-electron chi connectivity index (χ4n) is 5.43. The first-order valence-corrected chi connectivity index (χ1v) is 14.8. The normalized spacial score (nSPS) is 11.0. The summed E-state index contributed by atoms with van der Waals surface area (Å²) in [5.74, 6) is 0. The zero-order chi connectivity index (χ0) is 29.6. The van der Waals surface area contributed by atoms with Crippen LogP contribution < -0.4 is 9.80 Å². The molecular formula is C41H36N2. The summed E-state index contributed by atoms with van der Waals surface area (Å²) in [6, 6.07) is 54.0. The molecule has 6 aromatic carbocycles. The van der Waals surface area contributed by atoms with Crippen LogP contribution in [-0.4, -0.2) is 0 Å². The Labute approximate surface area is 255 Å². The van der Waals surface area contributed by atoms with Crippen molar-refractivity contribution >= 4 is 46.3 Å². The van der Waals surface area contributed by atoms with E-state index >= 15 is 0 Å². The van der Waals surface area contributed by atoms with Crippen LogP contribution in [0.25, 0.3) is 12.2 Å². The van der Waals surface area contributed by atoms with Crippen LogP contribution in [0, 0.1) is 20.8 Å². The van der Waals surface area contributed by atoms with Crippen LogP contribution in [0.2, 0.25) is 0 Å². The molecule has 6 aromatic rings. The zero-order valence-electron chi connectivity index (χ0n) is 25.0. The van der Waals surface area contributed by atoms with Crippen LogP contribution in [0.3, 0.4) is 0 Å². The summed E-state index contributed by atoms with van der Waals surface area (Å²) in [4.78, 5) is 4.62. The Morgan fingerprint density at radius 2 is 0.651 bits per heavy atom. The van der Waals surface area contributed by atoms with E-state index in [2.05, 4.69) is 194 Å². The van der Waals surface area contributed by atoms with Crippen LogP contribution in [0.4, 0.5) is 34.1 Å². The average molecular weight is 557 g/mol. The van der Waals surface area contributed by atoms with E-state index in [9.17, 15) is 0 Å². The molecule has 0 saturated heterocycles. The van der Waals surface area contributed by atoms with E-state index in [1.54, 1.807) is 0 Å². The van der Waals surface area contributed by atoms with E-state index in [-0.39, 0.29) is 0 Å². The number of hydrogen-bond acceptors (Lipinski definition) is 2. The van der Waals surface area contributed by atoms with Gasteiger partial charge in [0.2, 0.25) is 0 Å². The van der Waals surface area contributed by atoms with Crippen molar-refractivity contribution < 1.29 is 0 Å². The minimum absolute atomic E-state index is 1.13. The molecule has 0 atom stereocenters. The fraction of sp³-hybridized carbons (Fsp3) is 0.0732. The van der Waals surface area contributed by atoms with Gasteiger partial charge in [0.1, 0.15) is 0 Å². The molecule has 210 valence electrons. The van der Waals surface area contributed by atoms with E-state index in [4.69, 9.17) is 0 Å². The van der Waals surface area contributed by atoms with Crippen molar-refractivity contribution in [2.75, 3.05) is 9.80 Å². The fourth-order valence-corrected chi connectivity index (χ4v) is 5.43. The van der Waals surface area contributed by atoms with Crippen molar-refractivity contribution in [2.45, 2.75) is 20.8 Å². The van der Waals surface area contributed by atoms with Gasteiger partial charge < -0.3 is 9.80 Å². The lowest BCUT2D eigenvalue weighted by atomic mass is 10.1. The molecule has 0 bridgehead atoms. The highest BCUT2D eigenvalue weighted by Crippen LogP contribution is 2.36. The molecule has 0 amide bonds. The van der Waals surface area contributed by atoms with Gasteiger partial charge in [-0.1, -0.05) is 91.0 Å². The van der Waals surface area contributed by atoms with E-state index in [0.29, 0.717) is 0 Å². The summed E-state index contributed by atoms with van der Waals surface area (Å²) in [6.07, 6.45) is 4.36. The maximum atomic E-state index is 2.32. The Kier molecular flexibility index (Phi) is 8.19. The van der Waals surface area contributed by atoms with Crippen molar-refractivity contribution in [1.82, 2.24) is 0 Å². The van der Waals surface area contributed by atoms with Crippen molar-refractivity contribution in [3.8, 4) is 0 Å². The van der Waals surface area contributed by atoms with Crippen LogP contribution in [0.5, 0.6) is 0 Å². The molecule has 6 rings (SSSR count). The summed E-state index contributed by atoms with van der Waals surface area (Å²) in [7, 11) is 0. The van der Waals surface area contributed by atoms with Gasteiger partial charge in [-0.2, -0.15) is 0 Å². The van der Waals surface area contributed by atoms with Gasteiger partial charge in [0.25, 0.3) is 0 Å². The number of nitrogens with zero attached hydrogens (tertiary/aromatic N) is 2. The molecule has 43 heavy (non-hydrogen) atoms. The zero-order valence-corrected chi connectivity index (χ0v) is 25.0. The molecule has 0 aliphatic rings. The molecule has 0 aromatic heterocycles. The number of anilines is 6. The standard InChI is InChI=1S/C41H36N2/c1-31-10-7-15-39(28-31)42(36-13-5-4-6-14-36)37-24-20-34(21-25-37)18-19-35-22-26-38(27-23-35)43(40-16-8-11-32(2)29-40)41-17-9-12-33(3)30-41/h4-30H,1-3H3/b19-18+. The average Bonchev–Trinajstić information content (AvgIpc) is 3.02. The molecule has 0 radical (unpaired) electrons. The highest BCUT2D eigenvalue weighted by atomic mass is 15.1. The molecule has 2 nitrogen and oxygen atoms in total. The van der Waals surface area contributed by atoms with Gasteiger partial charge in [-0.25, -0.2) is 0 Å². The van der Waals surface area contributed by atoms with E-state index in [1.807, 2.05) is 0 Å². The largest absolute Gasteiger partial charge is 0.310 e. The number of hydrogen-bond donors (Lipinski definition) is 0. The van der Waals surface area contributed by atoms with E-state index in [0.717, 1.165) is 45.3 Å². The van der Waals surface area contributed by atoms with Crippen LogP contribution in [0.15, 0.2) is 152 Å². The lowest BCUT2D eigenvalue weighted by Crippen LogP contribution is -2.10. The quantitative estimate of drug-likeness (QED) is 0.172. The summed E-state index contributed by atoms with van der Waals surface area (Å²) in [5, 5.41) is 0. The van der Waals surface area contributed by atoms with E-state index in [1.165, 1.54) is 16.7 Å². The van der Waals surface area contributed by atoms with Crippen LogP contribution in [-0.2, 0) is 0 Å². The van der Waals surface area contributed by atoms with Crippen molar-refractivity contribution in [3.05, 3.63) is 179 Å². The molecular weight excluding hydrogens is 520 g/mol. The van der Waals surface area contributed by atoms with E-state index < -0.39 is 0 Å². The van der Waals surface area contributed by atoms with Gasteiger partial charge in [-0.05, 0) is 121 Å². The van der Waals surface area contributed by atoms with Gasteiger partial charge in [0.15, 0.2) is 0 Å². The first-order chi connectivity index (χ1) is 21.0. The minimum atomic E-state index is 1.13.